The average Bonchev–Trinajstić information content (AvgIpc) is 2.42. The number of rotatable bonds is 5. The molecule has 0 saturated carbocycles. The van der Waals surface area contributed by atoms with E-state index in [0.717, 1.165) is 0 Å². The Morgan fingerprint density at radius 2 is 1.64 bits per heavy atom. The Hall–Kier alpha value is -1.56. The lowest BCUT2D eigenvalue weighted by molar-refractivity contribution is -0.149. The van der Waals surface area contributed by atoms with Crippen molar-refractivity contribution in [3.05, 3.63) is 11.3 Å². The van der Waals surface area contributed by atoms with E-state index < -0.39 is 23.1 Å². The van der Waals surface area contributed by atoms with E-state index in [1.165, 1.54) is 0 Å². The summed E-state index contributed by atoms with van der Waals surface area (Å²) in [5.74, 6) is -1.29. The van der Waals surface area contributed by atoms with Crippen molar-refractivity contribution in [3.8, 4) is 0 Å². The predicted octanol–water partition coefficient (Wildman–Crippen LogP) is 1.62. The van der Waals surface area contributed by atoms with Gasteiger partial charge in [0.05, 0.1) is 18.8 Å². The minimum atomic E-state index is -1.41. The molecule has 0 aromatic carbocycles. The molecule has 1 heterocycles. The van der Waals surface area contributed by atoms with Crippen molar-refractivity contribution in [2.45, 2.75) is 58.6 Å². The zero-order chi connectivity index (χ0) is 17.1. The summed E-state index contributed by atoms with van der Waals surface area (Å²) in [6, 6.07) is 0. The number of hydrogen-bond acceptors (Lipinski definition) is 6. The summed E-state index contributed by atoms with van der Waals surface area (Å²) >= 11 is 0. The Kier molecular flexibility index (Phi) is 5.62. The van der Waals surface area contributed by atoms with Gasteiger partial charge in [0.1, 0.15) is 11.3 Å². The van der Waals surface area contributed by atoms with E-state index >= 15 is 0 Å². The standard InChI is InChI=1S/C16H27NO5/c1-7-16(20)10-15(4,5)17(6)12(14(19)22-9-3)11(16)13(18)21-8-2/h20H,7-10H2,1-6H3. The fourth-order valence-electron chi connectivity index (χ4n) is 2.84. The van der Waals surface area contributed by atoms with Crippen molar-refractivity contribution >= 4 is 11.9 Å². The van der Waals surface area contributed by atoms with Crippen LogP contribution in [0.3, 0.4) is 0 Å². The second kappa shape index (κ2) is 6.69. The molecule has 1 aliphatic rings. The lowest BCUT2D eigenvalue weighted by Crippen LogP contribution is -2.56. The molecule has 1 rings (SSSR count). The Bertz CT molecular complexity index is 483. The second-order valence-electron chi connectivity index (χ2n) is 6.10. The fourth-order valence-corrected chi connectivity index (χ4v) is 2.84. The van der Waals surface area contributed by atoms with E-state index in [0.29, 0.717) is 12.8 Å². The quantitative estimate of drug-likeness (QED) is 0.777. The first-order valence-corrected chi connectivity index (χ1v) is 7.69. The topological polar surface area (TPSA) is 76.1 Å². The molecular formula is C16H27NO5. The van der Waals surface area contributed by atoms with Crippen molar-refractivity contribution in [1.82, 2.24) is 4.90 Å². The Morgan fingerprint density at radius 3 is 2.09 bits per heavy atom. The van der Waals surface area contributed by atoms with E-state index in [4.69, 9.17) is 9.47 Å². The van der Waals surface area contributed by atoms with E-state index in [1.807, 2.05) is 13.8 Å². The number of hydrogen-bond donors (Lipinski definition) is 1. The predicted molar refractivity (Wildman–Crippen MR) is 82.0 cm³/mol. The molecule has 6 nitrogen and oxygen atoms in total. The third-order valence-corrected chi connectivity index (χ3v) is 4.20. The van der Waals surface area contributed by atoms with Crippen LogP contribution in [0.5, 0.6) is 0 Å². The van der Waals surface area contributed by atoms with Crippen LogP contribution in [0.4, 0.5) is 0 Å². The fraction of sp³-hybridized carbons (Fsp3) is 0.750. The van der Waals surface area contributed by atoms with Gasteiger partial charge >= 0.3 is 11.9 Å². The Morgan fingerprint density at radius 1 is 1.14 bits per heavy atom. The SMILES string of the molecule is CCOC(=O)C1=C(C(=O)OCC)C(O)(CC)CC(C)(C)N1C. The minimum Gasteiger partial charge on any atom is -0.462 e. The molecule has 22 heavy (non-hydrogen) atoms. The molecule has 1 aliphatic heterocycles. The minimum absolute atomic E-state index is 0.00266. The van der Waals surface area contributed by atoms with Crippen LogP contribution in [0.2, 0.25) is 0 Å². The lowest BCUT2D eigenvalue weighted by Gasteiger charge is -2.49. The van der Waals surface area contributed by atoms with E-state index in [-0.39, 0.29) is 24.5 Å². The highest BCUT2D eigenvalue weighted by Crippen LogP contribution is 2.42. The maximum Gasteiger partial charge on any atom is 0.355 e. The van der Waals surface area contributed by atoms with Crippen LogP contribution in [0, 0.1) is 0 Å². The molecule has 0 aromatic rings. The first kappa shape index (κ1) is 18.5. The van der Waals surface area contributed by atoms with Crippen molar-refractivity contribution in [1.29, 1.82) is 0 Å². The molecule has 0 radical (unpaired) electrons. The van der Waals surface area contributed by atoms with Crippen LogP contribution >= 0.6 is 0 Å². The largest absolute Gasteiger partial charge is 0.462 e. The van der Waals surface area contributed by atoms with Gasteiger partial charge in [-0.2, -0.15) is 0 Å². The van der Waals surface area contributed by atoms with Crippen molar-refractivity contribution in [3.63, 3.8) is 0 Å². The van der Waals surface area contributed by atoms with Crippen LogP contribution in [-0.4, -0.2) is 53.3 Å². The molecule has 0 aliphatic carbocycles. The number of nitrogens with zero attached hydrogens (tertiary/aromatic N) is 1. The van der Waals surface area contributed by atoms with Crippen LogP contribution in [0.15, 0.2) is 11.3 Å². The molecule has 126 valence electrons. The molecule has 6 heteroatoms. The number of carbonyl (C=O) groups is 2. The molecular weight excluding hydrogens is 286 g/mol. The van der Waals surface area contributed by atoms with Gasteiger partial charge in [-0.25, -0.2) is 9.59 Å². The normalized spacial score (nSPS) is 24.2. The number of aliphatic hydroxyl groups is 1. The molecule has 0 amide bonds. The van der Waals surface area contributed by atoms with Crippen LogP contribution in [0.25, 0.3) is 0 Å². The summed E-state index contributed by atoms with van der Waals surface area (Å²) in [5.41, 5.74) is -1.83. The van der Waals surface area contributed by atoms with Gasteiger partial charge < -0.3 is 19.5 Å². The smallest absolute Gasteiger partial charge is 0.355 e. The number of esters is 2. The van der Waals surface area contributed by atoms with Gasteiger partial charge in [0.15, 0.2) is 0 Å². The van der Waals surface area contributed by atoms with Gasteiger partial charge in [-0.15, -0.1) is 0 Å². The summed E-state index contributed by atoms with van der Waals surface area (Å²) in [4.78, 5) is 26.4. The molecule has 0 fully saturated rings. The number of ether oxygens (including phenoxy) is 2. The van der Waals surface area contributed by atoms with Crippen LogP contribution in [-0.2, 0) is 19.1 Å². The van der Waals surface area contributed by atoms with Gasteiger partial charge in [-0.1, -0.05) is 6.92 Å². The zero-order valence-corrected chi connectivity index (χ0v) is 14.4. The van der Waals surface area contributed by atoms with Crippen LogP contribution in [0.1, 0.15) is 47.5 Å². The number of likely N-dealkylation sites (N-methyl/N-ethyl adjacent to an activating group) is 1. The maximum absolute atomic E-state index is 12.4. The molecule has 0 aromatic heterocycles. The van der Waals surface area contributed by atoms with Gasteiger partial charge in [0, 0.05) is 19.0 Å². The third kappa shape index (κ3) is 3.27. The van der Waals surface area contributed by atoms with E-state index in [9.17, 15) is 14.7 Å². The molecule has 0 saturated heterocycles. The highest BCUT2D eigenvalue weighted by Gasteiger charge is 2.51. The summed E-state index contributed by atoms with van der Waals surface area (Å²) in [6.45, 7) is 9.35. The average molecular weight is 313 g/mol. The van der Waals surface area contributed by atoms with Gasteiger partial charge in [-0.05, 0) is 34.1 Å². The third-order valence-electron chi connectivity index (χ3n) is 4.20. The lowest BCUT2D eigenvalue weighted by atomic mass is 9.74. The molecule has 1 N–H and O–H groups in total. The van der Waals surface area contributed by atoms with Crippen LogP contribution < -0.4 is 0 Å². The van der Waals surface area contributed by atoms with Gasteiger partial charge in [0.25, 0.3) is 0 Å². The van der Waals surface area contributed by atoms with Crippen molar-refractivity contribution in [2.75, 3.05) is 20.3 Å². The molecule has 1 unspecified atom stereocenters. The molecule has 0 spiro atoms. The van der Waals surface area contributed by atoms with Gasteiger partial charge in [-0.3, -0.25) is 0 Å². The summed E-state index contributed by atoms with van der Waals surface area (Å²) in [7, 11) is 1.72. The zero-order valence-electron chi connectivity index (χ0n) is 14.4. The first-order valence-electron chi connectivity index (χ1n) is 7.69. The Balaban J connectivity index is 3.56. The summed E-state index contributed by atoms with van der Waals surface area (Å²) in [6.07, 6.45) is 0.630. The second-order valence-corrected chi connectivity index (χ2v) is 6.10. The molecule has 1 atom stereocenters. The van der Waals surface area contributed by atoms with E-state index in [1.54, 1.807) is 32.7 Å². The Labute approximate surface area is 132 Å². The number of carbonyl (C=O) groups excluding carboxylic acids is 2. The van der Waals surface area contributed by atoms with Crippen molar-refractivity contribution in [2.24, 2.45) is 0 Å². The monoisotopic (exact) mass is 313 g/mol. The summed E-state index contributed by atoms with van der Waals surface area (Å²) < 4.78 is 10.1. The first-order chi connectivity index (χ1) is 10.1. The maximum atomic E-state index is 12.4. The van der Waals surface area contributed by atoms with Crippen molar-refractivity contribution < 1.29 is 24.2 Å². The van der Waals surface area contributed by atoms with Gasteiger partial charge in [0.2, 0.25) is 0 Å². The highest BCUT2D eigenvalue weighted by atomic mass is 16.5. The highest BCUT2D eigenvalue weighted by molar-refractivity contribution is 6.02. The summed E-state index contributed by atoms with van der Waals surface area (Å²) in [5, 5.41) is 11.0. The van der Waals surface area contributed by atoms with E-state index in [2.05, 4.69) is 0 Å². The molecule has 0 bridgehead atoms.